The number of hydrogen-bond donors (Lipinski definition) is 0. The highest BCUT2D eigenvalue weighted by Gasteiger charge is 2.55. The van der Waals surface area contributed by atoms with Crippen LogP contribution in [0, 0.1) is 10.8 Å². The number of nitrogens with zero attached hydrogens (tertiary/aromatic N) is 2. The first kappa shape index (κ1) is 49.2. The molecule has 5 rings (SSSR count). The number of halogens is 4. The monoisotopic (exact) mass is 946 g/mol. The molecule has 2 aliphatic rings. The van der Waals surface area contributed by atoms with Gasteiger partial charge in [0.25, 0.3) is 0 Å². The Balaban J connectivity index is 0.000000287. The predicted molar refractivity (Wildman–Crippen MR) is 221 cm³/mol. The molecule has 18 heteroatoms. The zero-order chi connectivity index (χ0) is 44.6. The molecule has 0 spiro atoms. The van der Waals surface area contributed by atoms with Gasteiger partial charge in [-0.15, -0.1) is 0 Å². The second-order valence-corrected chi connectivity index (χ2v) is 22.8. The lowest BCUT2D eigenvalue weighted by Gasteiger charge is -2.35. The molecule has 2 fully saturated rings. The maximum Gasteiger partial charge on any atom is 0.389 e. The van der Waals surface area contributed by atoms with Gasteiger partial charge in [0, 0.05) is 74.8 Å². The summed E-state index contributed by atoms with van der Waals surface area (Å²) >= 11 is 3.29. The lowest BCUT2D eigenvalue weighted by Crippen LogP contribution is -2.51. The topological polar surface area (TPSA) is 165 Å². The number of esters is 2. The molecule has 0 aliphatic carbocycles. The van der Waals surface area contributed by atoms with Gasteiger partial charge in [-0.25, -0.2) is 16.8 Å². The van der Waals surface area contributed by atoms with Crippen molar-refractivity contribution in [1.82, 2.24) is 9.97 Å². The van der Waals surface area contributed by atoms with Gasteiger partial charge >= 0.3 is 18.1 Å². The molecule has 0 unspecified atom stereocenters. The number of aromatic nitrogens is 2. The number of ether oxygens (including phenoxy) is 4. The van der Waals surface area contributed by atoms with E-state index >= 15 is 0 Å². The average molecular weight is 948 g/mol. The van der Waals surface area contributed by atoms with E-state index in [1.807, 2.05) is 41.5 Å². The van der Waals surface area contributed by atoms with Gasteiger partial charge in [-0.2, -0.15) is 13.2 Å². The SMILES string of the molecule is CC(C)(C)COC(=O)C1(S(=O)(=O)c2ccc(-c3cnc(CCCC(F)(F)F)cn3)cc2)CCOCC1.CC(C)(C)COC(=O)C1(S(=O)(=O)c2ccc(Br)cc2)CCOCC1. The summed E-state index contributed by atoms with van der Waals surface area (Å²) in [6.07, 6.45) is -1.94. The number of hydrogen-bond acceptors (Lipinski definition) is 12. The van der Waals surface area contributed by atoms with E-state index < -0.39 is 53.7 Å². The Morgan fingerprint density at radius 3 is 1.47 bits per heavy atom. The lowest BCUT2D eigenvalue weighted by molar-refractivity contribution is -0.153. The summed E-state index contributed by atoms with van der Waals surface area (Å²) in [7, 11) is -7.98. The zero-order valence-corrected chi connectivity index (χ0v) is 38.0. The van der Waals surface area contributed by atoms with Crippen molar-refractivity contribution in [3.63, 3.8) is 0 Å². The fourth-order valence-corrected chi connectivity index (χ4v) is 10.5. The molecule has 0 atom stereocenters. The number of benzene rings is 2. The minimum atomic E-state index is -4.21. The number of rotatable bonds is 12. The molecule has 0 N–H and O–H groups in total. The summed E-state index contributed by atoms with van der Waals surface area (Å²) in [5.41, 5.74) is 0.923. The molecule has 2 aliphatic heterocycles. The van der Waals surface area contributed by atoms with Gasteiger partial charge in [-0.3, -0.25) is 19.6 Å². The van der Waals surface area contributed by atoms with Crippen LogP contribution in [-0.2, 0) is 54.6 Å². The first-order valence-electron chi connectivity index (χ1n) is 19.5. The lowest BCUT2D eigenvalue weighted by atomic mass is 9.97. The second kappa shape index (κ2) is 19.7. The fourth-order valence-electron chi connectivity index (χ4n) is 6.37. The van der Waals surface area contributed by atoms with E-state index in [9.17, 15) is 39.6 Å². The number of aryl methyl sites for hydroxylation is 1. The van der Waals surface area contributed by atoms with Crippen LogP contribution in [0.25, 0.3) is 11.3 Å². The third kappa shape index (κ3) is 12.6. The predicted octanol–water partition coefficient (Wildman–Crippen LogP) is 8.30. The standard InChI is InChI=1S/C25H31F3N2O5S.C17H23BrO5S/c1-23(2,3)17-35-22(31)24(11-13-34-14-12-24)36(32,33)20-8-6-18(7-9-20)21-16-29-19(15-30-21)5-4-10-25(26,27)28;1-16(2,3)12-23-15(19)17(8-10-22-11-9-17)24(20,21)14-6-4-13(18)5-7-14/h6-9,15-16H,4-5,10-14,17H2,1-3H3;4-7H,8-12H2,1-3H3. The van der Waals surface area contributed by atoms with Crippen LogP contribution >= 0.6 is 15.9 Å². The molecule has 1 aromatic heterocycles. The Kier molecular flexibility index (Phi) is 16.2. The summed E-state index contributed by atoms with van der Waals surface area (Å²) < 4.78 is 110. The molecule has 332 valence electrons. The quantitative estimate of drug-likeness (QED) is 0.160. The molecule has 3 aromatic rings. The van der Waals surface area contributed by atoms with Crippen LogP contribution in [0.2, 0.25) is 0 Å². The molecule has 3 heterocycles. The summed E-state index contributed by atoms with van der Waals surface area (Å²) in [6, 6.07) is 12.3. The highest BCUT2D eigenvalue weighted by molar-refractivity contribution is 9.10. The summed E-state index contributed by atoms with van der Waals surface area (Å²) in [6.45, 7) is 12.4. The number of alkyl halides is 3. The Morgan fingerprint density at radius 1 is 0.683 bits per heavy atom. The largest absolute Gasteiger partial charge is 0.464 e. The molecular weight excluding hydrogens is 893 g/mol. The molecule has 0 bridgehead atoms. The van der Waals surface area contributed by atoms with Crippen LogP contribution in [0.5, 0.6) is 0 Å². The fraction of sp³-hybridized carbons (Fsp3) is 0.571. The highest BCUT2D eigenvalue weighted by atomic mass is 79.9. The van der Waals surface area contributed by atoms with E-state index in [1.165, 1.54) is 36.7 Å². The summed E-state index contributed by atoms with van der Waals surface area (Å²) in [5.74, 6) is -1.44. The third-order valence-electron chi connectivity index (χ3n) is 9.83. The normalized spacial score (nSPS) is 17.2. The zero-order valence-electron chi connectivity index (χ0n) is 34.8. The summed E-state index contributed by atoms with van der Waals surface area (Å²) in [4.78, 5) is 34.4. The Bertz CT molecular complexity index is 2120. The molecule has 2 aromatic carbocycles. The summed E-state index contributed by atoms with van der Waals surface area (Å²) in [5, 5.41) is 0. The maximum atomic E-state index is 13.7. The number of carbonyl (C=O) groups is 2. The minimum absolute atomic E-state index is 0.00133. The molecular formula is C42H54BrF3N2O10S2. The smallest absolute Gasteiger partial charge is 0.389 e. The van der Waals surface area contributed by atoms with E-state index in [1.54, 1.807) is 24.3 Å². The first-order chi connectivity index (χ1) is 27.8. The molecule has 12 nitrogen and oxygen atoms in total. The van der Waals surface area contributed by atoms with E-state index in [-0.39, 0.29) is 98.8 Å². The molecule has 0 amide bonds. The Hall–Kier alpha value is -3.45. The van der Waals surface area contributed by atoms with E-state index in [0.717, 1.165) is 4.47 Å². The van der Waals surface area contributed by atoms with Crippen LogP contribution in [0.15, 0.2) is 75.2 Å². The average Bonchev–Trinajstić information content (AvgIpc) is 3.19. The van der Waals surface area contributed by atoms with E-state index in [0.29, 0.717) is 17.0 Å². The third-order valence-corrected chi connectivity index (χ3v) is 15.4. The maximum absolute atomic E-state index is 13.7. The number of sulfone groups is 2. The van der Waals surface area contributed by atoms with Crippen molar-refractivity contribution in [3.05, 3.63) is 71.1 Å². The van der Waals surface area contributed by atoms with Gasteiger partial charge in [0.05, 0.1) is 40.6 Å². The highest BCUT2D eigenvalue weighted by Crippen LogP contribution is 2.39. The van der Waals surface area contributed by atoms with Crippen LogP contribution in [0.4, 0.5) is 13.2 Å². The molecule has 2 saturated heterocycles. The van der Waals surface area contributed by atoms with Crippen molar-refractivity contribution in [1.29, 1.82) is 0 Å². The first-order valence-corrected chi connectivity index (χ1v) is 23.3. The van der Waals surface area contributed by atoms with Gasteiger partial charge < -0.3 is 18.9 Å². The van der Waals surface area contributed by atoms with Crippen molar-refractivity contribution in [3.8, 4) is 11.3 Å². The molecule has 0 saturated carbocycles. The van der Waals surface area contributed by atoms with Crippen LogP contribution in [0.1, 0.15) is 85.8 Å². The van der Waals surface area contributed by atoms with Gasteiger partial charge in [0.2, 0.25) is 0 Å². The Labute approximate surface area is 359 Å². The van der Waals surface area contributed by atoms with Gasteiger partial charge in [-0.05, 0) is 60.1 Å². The van der Waals surface area contributed by atoms with Crippen molar-refractivity contribution in [2.45, 2.75) is 112 Å². The van der Waals surface area contributed by atoms with Crippen molar-refractivity contribution < 1.29 is 58.5 Å². The number of carbonyl (C=O) groups excluding carboxylic acids is 2. The second-order valence-electron chi connectivity index (χ2n) is 17.3. The van der Waals surface area contributed by atoms with Crippen LogP contribution in [0.3, 0.4) is 0 Å². The van der Waals surface area contributed by atoms with Crippen molar-refractivity contribution in [2.24, 2.45) is 10.8 Å². The molecule has 60 heavy (non-hydrogen) atoms. The van der Waals surface area contributed by atoms with Gasteiger partial charge in [-0.1, -0.05) is 69.6 Å². The minimum Gasteiger partial charge on any atom is -0.464 e. The van der Waals surface area contributed by atoms with E-state index in [2.05, 4.69) is 25.9 Å². The molecule has 0 radical (unpaired) electrons. The van der Waals surface area contributed by atoms with Crippen LogP contribution < -0.4 is 0 Å². The Morgan fingerprint density at radius 2 is 1.10 bits per heavy atom. The van der Waals surface area contributed by atoms with Crippen LogP contribution in [-0.4, -0.2) is 94.1 Å². The van der Waals surface area contributed by atoms with Gasteiger partial charge in [0.1, 0.15) is 0 Å². The van der Waals surface area contributed by atoms with E-state index in [4.69, 9.17) is 18.9 Å². The van der Waals surface area contributed by atoms with Crippen molar-refractivity contribution in [2.75, 3.05) is 39.6 Å². The van der Waals surface area contributed by atoms with Gasteiger partial charge in [0.15, 0.2) is 29.2 Å². The van der Waals surface area contributed by atoms with Crippen molar-refractivity contribution >= 4 is 47.5 Å².